The molecular formula is C45H56FN11O9S. The van der Waals surface area contributed by atoms with Crippen LogP contribution in [0.15, 0.2) is 46.7 Å². The number of aryl methyl sites for hydroxylation is 2. The Bertz CT molecular complexity index is 2610. The van der Waals surface area contributed by atoms with Gasteiger partial charge in [-0.15, -0.1) is 0 Å². The normalized spacial score (nSPS) is 14.5. The van der Waals surface area contributed by atoms with Crippen LogP contribution >= 0.6 is 11.8 Å². The number of carbonyl (C=O) groups is 5. The molecule has 0 bridgehead atoms. The number of hydrazine groups is 1. The van der Waals surface area contributed by atoms with Crippen LogP contribution in [0.25, 0.3) is 28.0 Å². The van der Waals surface area contributed by atoms with E-state index in [4.69, 9.17) is 26.0 Å². The van der Waals surface area contributed by atoms with Crippen molar-refractivity contribution in [3.8, 4) is 11.4 Å². The van der Waals surface area contributed by atoms with Crippen molar-refractivity contribution in [3.63, 3.8) is 0 Å². The molecule has 0 spiro atoms. The second-order valence-corrected chi connectivity index (χ2v) is 17.3. The van der Waals surface area contributed by atoms with Crippen molar-refractivity contribution in [2.24, 2.45) is 17.5 Å². The number of unbranched alkanes of at least 4 members (excludes halogenated alkanes) is 2. The van der Waals surface area contributed by atoms with E-state index in [2.05, 4.69) is 31.2 Å². The van der Waals surface area contributed by atoms with Gasteiger partial charge >= 0.3 is 5.97 Å². The van der Waals surface area contributed by atoms with Crippen molar-refractivity contribution in [2.75, 3.05) is 39.2 Å². The molecule has 1 aromatic carbocycles. The summed E-state index contributed by atoms with van der Waals surface area (Å²) in [5, 5.41) is 23.6. The lowest BCUT2D eigenvalue weighted by Gasteiger charge is -2.21. The zero-order valence-corrected chi connectivity index (χ0v) is 38.6. The first-order chi connectivity index (χ1) is 32.1. The largest absolute Gasteiger partial charge is 0.458 e. The lowest BCUT2D eigenvalue weighted by Crippen LogP contribution is -2.51. The van der Waals surface area contributed by atoms with Crippen LogP contribution in [0.4, 0.5) is 4.39 Å². The maximum atomic E-state index is 14.8. The van der Waals surface area contributed by atoms with Crippen LogP contribution in [-0.4, -0.2) is 105 Å². The molecule has 0 saturated carbocycles. The number of amides is 4. The van der Waals surface area contributed by atoms with Gasteiger partial charge in [-0.2, -0.15) is 0 Å². The Balaban J connectivity index is 0.885. The van der Waals surface area contributed by atoms with E-state index in [1.54, 1.807) is 51.5 Å². The summed E-state index contributed by atoms with van der Waals surface area (Å²) in [5.74, 6) is 2.52. The van der Waals surface area contributed by atoms with E-state index in [-0.39, 0.29) is 62.4 Å². The molecule has 67 heavy (non-hydrogen) atoms. The summed E-state index contributed by atoms with van der Waals surface area (Å²) in [5.41, 5.74) is 10.4. The number of nitrogens with zero attached hydrogens (tertiary/aromatic N) is 5. The first kappa shape index (κ1) is 49.9. The number of cyclic esters (lactones) is 1. The Hall–Kier alpha value is -6.49. The van der Waals surface area contributed by atoms with Crippen molar-refractivity contribution < 1.29 is 42.9 Å². The molecule has 22 heteroatoms. The number of aromatic nitrogens is 4. The molecule has 1 unspecified atom stereocenters. The minimum absolute atomic E-state index is 0.154. The number of fused-ring (bicyclic) bond motifs is 5. The number of benzene rings is 1. The number of pyridine rings is 2. The first-order valence-corrected chi connectivity index (χ1v) is 23.0. The highest BCUT2D eigenvalue weighted by Gasteiger charge is 2.35. The summed E-state index contributed by atoms with van der Waals surface area (Å²) in [6.07, 6.45) is 8.22. The number of ether oxygens (including phenoxy) is 2. The van der Waals surface area contributed by atoms with Crippen molar-refractivity contribution in [1.29, 1.82) is 0 Å². The SMILES string of the molecule is CSc1ncc(/C(N)=C/N(N)CCCCCC(=O)NC(C(=O)NCC(=O)NCC(=O)NCOCCCc2c3c(nc4cc(F)c(C)cc24)-c2cc4c(c(=O)n2C3)COC(=O)[C@H]4O)C(C)C)cn1. The number of esters is 1. The number of thioether (sulfide) groups is 1. The van der Waals surface area contributed by atoms with E-state index in [1.807, 2.05) is 6.26 Å². The van der Waals surface area contributed by atoms with Gasteiger partial charge < -0.3 is 51.2 Å². The van der Waals surface area contributed by atoms with E-state index in [1.165, 1.54) is 27.4 Å². The van der Waals surface area contributed by atoms with Crippen LogP contribution in [0, 0.1) is 18.7 Å². The molecule has 358 valence electrons. The van der Waals surface area contributed by atoms with Crippen LogP contribution in [0.1, 0.15) is 85.4 Å². The minimum Gasteiger partial charge on any atom is -0.458 e. The second-order valence-electron chi connectivity index (χ2n) is 16.5. The molecule has 6 rings (SSSR count). The van der Waals surface area contributed by atoms with Crippen LogP contribution in [0.3, 0.4) is 0 Å². The number of nitrogens with one attached hydrogen (secondary N) is 4. The summed E-state index contributed by atoms with van der Waals surface area (Å²) >= 11 is 1.42. The number of nitrogens with two attached hydrogens (primary N) is 2. The highest BCUT2D eigenvalue weighted by atomic mass is 32.2. The Kier molecular flexibility index (Phi) is 17.0. The Morgan fingerprint density at radius 1 is 1.03 bits per heavy atom. The monoisotopic (exact) mass is 945 g/mol. The number of aliphatic hydroxyl groups excluding tert-OH is 1. The zero-order valence-electron chi connectivity index (χ0n) is 37.8. The van der Waals surface area contributed by atoms with Crippen molar-refractivity contribution in [2.45, 2.75) is 89.8 Å². The molecule has 0 fully saturated rings. The molecule has 3 aromatic heterocycles. The summed E-state index contributed by atoms with van der Waals surface area (Å²) in [6.45, 7) is 4.89. The van der Waals surface area contributed by atoms with E-state index in [0.717, 1.165) is 11.1 Å². The maximum Gasteiger partial charge on any atom is 0.340 e. The standard InChI is InChI=1S/C45H56FN11O9S/c1-24(2)39(55-36(58)10-6-5-7-11-56(48)21-33(47)26-16-51-45(67-4)52-17-26)42(62)50-19-37(59)49-18-38(60)53-23-65-12-8-9-27-28-13-25(3)32(46)15-34(28)54-40-30(27)20-57-35(40)14-29-31(43(57)63)22-66-44(64)41(29)61/h13-17,21,24,39,41,61H,5-12,18-20,22-23,47-48H2,1-4H3,(H,49,59)(H,50,62)(H,53,60)(H,55,58)/b33-21-/t39?,41-/m0/s1. The fourth-order valence-corrected chi connectivity index (χ4v) is 8.00. The van der Waals surface area contributed by atoms with Crippen LogP contribution in [-0.2, 0) is 53.0 Å². The number of halogens is 1. The zero-order chi connectivity index (χ0) is 48.4. The highest BCUT2D eigenvalue weighted by Crippen LogP contribution is 2.39. The second kappa shape index (κ2) is 22.8. The Morgan fingerprint density at radius 3 is 2.49 bits per heavy atom. The third-order valence-electron chi connectivity index (χ3n) is 11.3. The molecule has 2 aliphatic rings. The number of rotatable bonds is 22. The number of hydrogen-bond donors (Lipinski definition) is 7. The van der Waals surface area contributed by atoms with Gasteiger partial charge in [0.25, 0.3) is 5.56 Å². The summed E-state index contributed by atoms with van der Waals surface area (Å²) in [4.78, 5) is 89.3. The molecule has 0 saturated heterocycles. The Morgan fingerprint density at radius 2 is 1.76 bits per heavy atom. The van der Waals surface area contributed by atoms with Gasteiger partial charge in [0.05, 0.1) is 47.8 Å². The van der Waals surface area contributed by atoms with Crippen LogP contribution in [0.5, 0.6) is 0 Å². The van der Waals surface area contributed by atoms with Crippen molar-refractivity contribution >= 4 is 58.0 Å². The van der Waals surface area contributed by atoms with Gasteiger partial charge in [0.15, 0.2) is 11.3 Å². The Labute approximate surface area is 389 Å². The number of carbonyl (C=O) groups excluding carboxylic acids is 5. The lowest BCUT2D eigenvalue weighted by atomic mass is 9.95. The predicted octanol–water partition coefficient (Wildman–Crippen LogP) is 1.56. The topological polar surface area (TPSA) is 288 Å². The van der Waals surface area contributed by atoms with Crippen LogP contribution < -0.4 is 38.4 Å². The van der Waals surface area contributed by atoms with Crippen molar-refractivity contribution in [1.82, 2.24) is 45.8 Å². The van der Waals surface area contributed by atoms with Gasteiger partial charge in [-0.25, -0.2) is 30.0 Å². The van der Waals surface area contributed by atoms with E-state index >= 15 is 0 Å². The molecule has 2 aliphatic heterocycles. The average molecular weight is 946 g/mol. The van der Waals surface area contributed by atoms with Gasteiger partial charge in [0, 0.05) is 66.3 Å². The van der Waals surface area contributed by atoms with Gasteiger partial charge in [-0.05, 0) is 68.0 Å². The summed E-state index contributed by atoms with van der Waals surface area (Å²) in [6, 6.07) is 3.75. The van der Waals surface area contributed by atoms with E-state index in [0.29, 0.717) is 82.9 Å². The van der Waals surface area contributed by atoms with Gasteiger partial charge in [-0.3, -0.25) is 24.0 Å². The number of aliphatic hydroxyl groups is 1. The molecule has 20 nitrogen and oxygen atoms in total. The maximum absolute atomic E-state index is 14.8. The van der Waals surface area contributed by atoms with Crippen molar-refractivity contribution in [3.05, 3.63) is 86.3 Å². The molecule has 0 radical (unpaired) electrons. The smallest absolute Gasteiger partial charge is 0.340 e. The third kappa shape index (κ3) is 12.5. The van der Waals surface area contributed by atoms with E-state index in [9.17, 15) is 38.3 Å². The molecule has 0 aliphatic carbocycles. The lowest BCUT2D eigenvalue weighted by molar-refractivity contribution is -0.157. The van der Waals surface area contributed by atoms with Gasteiger partial charge in [0.1, 0.15) is 25.2 Å². The molecular weight excluding hydrogens is 890 g/mol. The quantitative estimate of drug-likeness (QED) is 0.00986. The molecule has 4 amide bonds. The number of hydrogen-bond acceptors (Lipinski definition) is 16. The van der Waals surface area contributed by atoms with Gasteiger partial charge in [0.2, 0.25) is 23.6 Å². The fraction of sp³-hybridized carbons (Fsp3) is 0.444. The first-order valence-electron chi connectivity index (χ1n) is 21.8. The van der Waals surface area contributed by atoms with Gasteiger partial charge in [-0.1, -0.05) is 32.0 Å². The molecule has 9 N–H and O–H groups in total. The molecule has 5 heterocycles. The molecule has 4 aromatic rings. The fourth-order valence-electron chi connectivity index (χ4n) is 7.69. The average Bonchev–Trinajstić information content (AvgIpc) is 3.67. The molecule has 2 atom stereocenters. The third-order valence-corrected chi connectivity index (χ3v) is 11.9. The summed E-state index contributed by atoms with van der Waals surface area (Å²) in [7, 11) is 0. The van der Waals surface area contributed by atoms with E-state index < -0.39 is 53.8 Å². The predicted molar refractivity (Wildman–Crippen MR) is 245 cm³/mol. The van der Waals surface area contributed by atoms with Crippen LogP contribution in [0.2, 0.25) is 0 Å². The minimum atomic E-state index is -1.61. The highest BCUT2D eigenvalue weighted by molar-refractivity contribution is 7.98. The summed E-state index contributed by atoms with van der Waals surface area (Å²) < 4.78 is 26.9.